The van der Waals surface area contributed by atoms with Crippen LogP contribution in [0.2, 0.25) is 0 Å². The third-order valence-electron chi connectivity index (χ3n) is 3.43. The Balaban J connectivity index is 1.92. The number of sulfonamides is 1. The van der Waals surface area contributed by atoms with E-state index in [0.717, 1.165) is 5.69 Å². The van der Waals surface area contributed by atoms with Crippen molar-refractivity contribution in [3.63, 3.8) is 0 Å². The van der Waals surface area contributed by atoms with Gasteiger partial charge in [0, 0.05) is 12.7 Å². The molecule has 7 heteroatoms. The first-order valence-corrected chi connectivity index (χ1v) is 8.20. The van der Waals surface area contributed by atoms with E-state index < -0.39 is 15.8 Å². The largest absolute Gasteiger partial charge is 0.490 e. The average molecular weight is 322 g/mol. The third-order valence-corrected chi connectivity index (χ3v) is 4.81. The molecule has 1 aliphatic rings. The third kappa shape index (κ3) is 2.85. The predicted molar refractivity (Wildman–Crippen MR) is 82.4 cm³/mol. The molecule has 3 rings (SSSR count). The van der Waals surface area contributed by atoms with Crippen LogP contribution in [-0.4, -0.2) is 28.6 Å². The van der Waals surface area contributed by atoms with Gasteiger partial charge in [0.1, 0.15) is 18.2 Å². The summed E-state index contributed by atoms with van der Waals surface area (Å²) >= 11 is 0. The lowest BCUT2D eigenvalue weighted by Gasteiger charge is -2.28. The lowest BCUT2D eigenvalue weighted by molar-refractivity contribution is 0.311. The molecule has 0 aromatic heterocycles. The molecule has 0 saturated carbocycles. The van der Waals surface area contributed by atoms with Crippen LogP contribution in [0, 0.1) is 5.82 Å². The number of halogens is 1. The Morgan fingerprint density at radius 2 is 1.91 bits per heavy atom. The van der Waals surface area contributed by atoms with Crippen LogP contribution in [-0.2, 0) is 10.0 Å². The van der Waals surface area contributed by atoms with Gasteiger partial charge in [0.15, 0.2) is 0 Å². The zero-order valence-electron chi connectivity index (χ0n) is 11.9. The van der Waals surface area contributed by atoms with Crippen LogP contribution < -0.4 is 14.4 Å². The van der Waals surface area contributed by atoms with Crippen LogP contribution in [0.5, 0.6) is 5.75 Å². The second kappa shape index (κ2) is 5.49. The van der Waals surface area contributed by atoms with Gasteiger partial charge in [-0.3, -0.25) is 4.72 Å². The van der Waals surface area contributed by atoms with E-state index in [1.54, 1.807) is 12.1 Å². The van der Waals surface area contributed by atoms with E-state index in [9.17, 15) is 12.8 Å². The number of likely N-dealkylation sites (N-methyl/N-ethyl adjacent to an activating group) is 1. The van der Waals surface area contributed by atoms with E-state index in [1.165, 1.54) is 30.3 Å². The zero-order valence-corrected chi connectivity index (χ0v) is 12.7. The molecule has 0 bridgehead atoms. The van der Waals surface area contributed by atoms with Crippen LogP contribution in [0.1, 0.15) is 0 Å². The maximum absolute atomic E-state index is 12.9. The first-order valence-electron chi connectivity index (χ1n) is 6.72. The molecular weight excluding hydrogens is 307 g/mol. The van der Waals surface area contributed by atoms with Crippen LogP contribution in [0.3, 0.4) is 0 Å². The number of fused-ring (bicyclic) bond motifs is 1. The lowest BCUT2D eigenvalue weighted by Crippen LogP contribution is -2.29. The van der Waals surface area contributed by atoms with Crippen molar-refractivity contribution in [2.24, 2.45) is 0 Å². The van der Waals surface area contributed by atoms with Crippen molar-refractivity contribution < 1.29 is 17.5 Å². The van der Waals surface area contributed by atoms with Crippen LogP contribution in [0.4, 0.5) is 15.8 Å². The van der Waals surface area contributed by atoms with E-state index in [2.05, 4.69) is 4.72 Å². The van der Waals surface area contributed by atoms with Gasteiger partial charge in [-0.15, -0.1) is 0 Å². The summed E-state index contributed by atoms with van der Waals surface area (Å²) in [6.07, 6.45) is 0. The number of hydrogen-bond donors (Lipinski definition) is 1. The summed E-state index contributed by atoms with van der Waals surface area (Å²) in [5.41, 5.74) is 1.04. The molecule has 0 fully saturated rings. The first kappa shape index (κ1) is 14.6. The average Bonchev–Trinajstić information content (AvgIpc) is 2.49. The predicted octanol–water partition coefficient (Wildman–Crippen LogP) is 2.46. The maximum Gasteiger partial charge on any atom is 0.261 e. The molecule has 0 spiro atoms. The molecule has 22 heavy (non-hydrogen) atoms. The zero-order chi connectivity index (χ0) is 15.7. The molecular formula is C15H15FN2O3S. The second-order valence-corrected chi connectivity index (χ2v) is 6.69. The molecule has 0 saturated heterocycles. The fraction of sp³-hybridized carbons (Fsp3) is 0.200. The van der Waals surface area contributed by atoms with E-state index in [-0.39, 0.29) is 4.90 Å². The van der Waals surface area contributed by atoms with Crippen molar-refractivity contribution in [2.45, 2.75) is 4.90 Å². The molecule has 2 aromatic carbocycles. The molecule has 0 radical (unpaired) electrons. The van der Waals surface area contributed by atoms with Gasteiger partial charge in [0.25, 0.3) is 10.0 Å². The summed E-state index contributed by atoms with van der Waals surface area (Å²) in [6, 6.07) is 9.86. The number of nitrogens with one attached hydrogen (secondary N) is 1. The Morgan fingerprint density at radius 3 is 2.64 bits per heavy atom. The standard InChI is InChI=1S/C15H15FN2O3S/c1-18-8-9-21-15-7-6-13(10-14(15)18)22(19,20)17-12-4-2-11(16)3-5-12/h2-7,10,17H,8-9H2,1H3. The summed E-state index contributed by atoms with van der Waals surface area (Å²) in [5.74, 6) is 0.241. The Labute approximate surface area is 128 Å². The minimum Gasteiger partial charge on any atom is -0.490 e. The van der Waals surface area contributed by atoms with Gasteiger partial charge in [-0.2, -0.15) is 0 Å². The van der Waals surface area contributed by atoms with Crippen LogP contribution in [0.15, 0.2) is 47.4 Å². The Morgan fingerprint density at radius 1 is 1.18 bits per heavy atom. The number of nitrogens with zero attached hydrogens (tertiary/aromatic N) is 1. The van der Waals surface area contributed by atoms with Crippen molar-refractivity contribution in [1.82, 2.24) is 0 Å². The van der Waals surface area contributed by atoms with Crippen molar-refractivity contribution >= 4 is 21.4 Å². The number of benzene rings is 2. The summed E-state index contributed by atoms with van der Waals surface area (Å²) in [5, 5.41) is 0. The summed E-state index contributed by atoms with van der Waals surface area (Å²) in [7, 11) is -1.86. The van der Waals surface area contributed by atoms with Gasteiger partial charge in [0.2, 0.25) is 0 Å². The SMILES string of the molecule is CN1CCOc2ccc(S(=O)(=O)Nc3ccc(F)cc3)cc21. The van der Waals surface area contributed by atoms with Crippen molar-refractivity contribution in [3.05, 3.63) is 48.3 Å². The molecule has 2 aromatic rings. The monoisotopic (exact) mass is 322 g/mol. The molecule has 0 aliphatic carbocycles. The fourth-order valence-corrected chi connectivity index (χ4v) is 3.31. The molecule has 1 N–H and O–H groups in total. The quantitative estimate of drug-likeness (QED) is 0.943. The highest BCUT2D eigenvalue weighted by Crippen LogP contribution is 2.33. The Hall–Kier alpha value is -2.28. The highest BCUT2D eigenvalue weighted by Gasteiger charge is 2.20. The summed E-state index contributed by atoms with van der Waals surface area (Å²) in [4.78, 5) is 2.07. The van der Waals surface area contributed by atoms with Crippen LogP contribution in [0.25, 0.3) is 0 Å². The molecule has 0 unspecified atom stereocenters. The van der Waals surface area contributed by atoms with Crippen molar-refractivity contribution in [3.8, 4) is 5.75 Å². The minimum atomic E-state index is -3.74. The summed E-state index contributed by atoms with van der Waals surface area (Å²) in [6.45, 7) is 1.27. The number of ether oxygens (including phenoxy) is 1. The number of rotatable bonds is 3. The number of hydrogen-bond acceptors (Lipinski definition) is 4. The van der Waals surface area contributed by atoms with E-state index >= 15 is 0 Å². The molecule has 116 valence electrons. The minimum absolute atomic E-state index is 0.132. The van der Waals surface area contributed by atoms with Gasteiger partial charge in [-0.1, -0.05) is 0 Å². The van der Waals surface area contributed by atoms with Gasteiger partial charge in [-0.25, -0.2) is 12.8 Å². The Bertz CT molecular complexity index is 791. The normalized spacial score (nSPS) is 14.2. The summed E-state index contributed by atoms with van der Waals surface area (Å²) < 4.78 is 45.6. The Kier molecular flexibility index (Phi) is 3.66. The number of anilines is 2. The second-order valence-electron chi connectivity index (χ2n) is 5.01. The first-order chi connectivity index (χ1) is 10.5. The van der Waals surface area contributed by atoms with Gasteiger partial charge >= 0.3 is 0 Å². The molecule has 0 amide bonds. The fourth-order valence-electron chi connectivity index (χ4n) is 2.23. The van der Waals surface area contributed by atoms with Gasteiger partial charge in [0.05, 0.1) is 17.1 Å². The molecule has 5 nitrogen and oxygen atoms in total. The van der Waals surface area contributed by atoms with Gasteiger partial charge in [-0.05, 0) is 42.5 Å². The highest BCUT2D eigenvalue weighted by atomic mass is 32.2. The smallest absolute Gasteiger partial charge is 0.261 e. The van der Waals surface area contributed by atoms with E-state index in [1.807, 2.05) is 11.9 Å². The van der Waals surface area contributed by atoms with Gasteiger partial charge < -0.3 is 9.64 Å². The van der Waals surface area contributed by atoms with Crippen LogP contribution >= 0.6 is 0 Å². The van der Waals surface area contributed by atoms with E-state index in [0.29, 0.717) is 24.6 Å². The molecule has 1 heterocycles. The van der Waals surface area contributed by atoms with E-state index in [4.69, 9.17) is 4.74 Å². The lowest BCUT2D eigenvalue weighted by atomic mass is 10.2. The highest BCUT2D eigenvalue weighted by molar-refractivity contribution is 7.92. The molecule has 0 atom stereocenters. The topological polar surface area (TPSA) is 58.6 Å². The van der Waals surface area contributed by atoms with Crippen molar-refractivity contribution in [1.29, 1.82) is 0 Å². The maximum atomic E-state index is 12.9. The van der Waals surface area contributed by atoms with Crippen molar-refractivity contribution in [2.75, 3.05) is 29.8 Å². The molecule has 1 aliphatic heterocycles.